The molecule has 0 saturated carbocycles. The first kappa shape index (κ1) is 20.6. The van der Waals surface area contributed by atoms with Crippen LogP contribution < -0.4 is 5.32 Å². The summed E-state index contributed by atoms with van der Waals surface area (Å²) >= 11 is 1.48. The van der Waals surface area contributed by atoms with Crippen LogP contribution in [0, 0.1) is 0 Å². The van der Waals surface area contributed by atoms with Crippen molar-refractivity contribution in [2.75, 3.05) is 19.3 Å². The van der Waals surface area contributed by atoms with Crippen molar-refractivity contribution < 1.29 is 4.79 Å². The Bertz CT molecular complexity index is 973. The van der Waals surface area contributed by atoms with Gasteiger partial charge in [0.2, 0.25) is 0 Å². The molecule has 0 aliphatic carbocycles. The van der Waals surface area contributed by atoms with Gasteiger partial charge < -0.3 is 5.32 Å². The molecule has 2 heterocycles. The van der Waals surface area contributed by atoms with E-state index in [1.807, 2.05) is 42.7 Å². The predicted molar refractivity (Wildman–Crippen MR) is 121 cm³/mol. The largest absolute Gasteiger partial charge is 0.349 e. The highest BCUT2D eigenvalue weighted by molar-refractivity contribution is 7.98. The van der Waals surface area contributed by atoms with E-state index >= 15 is 0 Å². The predicted octanol–water partition coefficient (Wildman–Crippen LogP) is 4.26. The monoisotopic (exact) mass is 418 g/mol. The van der Waals surface area contributed by atoms with Crippen LogP contribution in [0.1, 0.15) is 28.8 Å². The molecular weight excluding hydrogens is 392 g/mol. The maximum Gasteiger partial charge on any atom is 0.255 e. The van der Waals surface area contributed by atoms with Crippen molar-refractivity contribution in [3.05, 3.63) is 78.0 Å². The summed E-state index contributed by atoms with van der Waals surface area (Å²) in [6.45, 7) is 2.92. The Kier molecular flexibility index (Phi) is 6.77. The van der Waals surface area contributed by atoms with Gasteiger partial charge in [-0.3, -0.25) is 9.69 Å². The van der Waals surface area contributed by atoms with Gasteiger partial charge in [-0.15, -0.1) is 0 Å². The zero-order chi connectivity index (χ0) is 20.8. The third-order valence-corrected chi connectivity index (χ3v) is 5.97. The van der Waals surface area contributed by atoms with Gasteiger partial charge in [-0.05, 0) is 24.7 Å². The number of nitrogens with zero attached hydrogens (tertiary/aromatic N) is 3. The molecule has 0 radical (unpaired) electrons. The van der Waals surface area contributed by atoms with Gasteiger partial charge in [0, 0.05) is 37.4 Å². The molecule has 1 N–H and O–H groups in total. The van der Waals surface area contributed by atoms with Crippen LogP contribution in [0.25, 0.3) is 11.3 Å². The lowest BCUT2D eigenvalue weighted by Gasteiger charge is -2.32. The Balaban J connectivity index is 1.41. The lowest BCUT2D eigenvalue weighted by Crippen LogP contribution is -2.44. The van der Waals surface area contributed by atoms with E-state index in [0.717, 1.165) is 38.0 Å². The second-order valence-corrected chi connectivity index (χ2v) is 8.27. The first-order valence-electron chi connectivity index (χ1n) is 10.3. The fourth-order valence-electron chi connectivity index (χ4n) is 3.79. The summed E-state index contributed by atoms with van der Waals surface area (Å²) in [7, 11) is 0. The van der Waals surface area contributed by atoms with Crippen LogP contribution in [0.4, 0.5) is 0 Å². The molecule has 4 rings (SSSR count). The average molecular weight is 419 g/mol. The first-order chi connectivity index (χ1) is 14.7. The maximum absolute atomic E-state index is 13.1. The van der Waals surface area contributed by atoms with Crippen LogP contribution in [-0.2, 0) is 6.54 Å². The zero-order valence-electron chi connectivity index (χ0n) is 17.1. The minimum Gasteiger partial charge on any atom is -0.349 e. The number of hydrogen-bond acceptors (Lipinski definition) is 5. The molecule has 30 heavy (non-hydrogen) atoms. The normalized spacial score (nSPS) is 15.1. The number of aromatic nitrogens is 2. The van der Waals surface area contributed by atoms with Crippen LogP contribution in [-0.4, -0.2) is 46.2 Å². The first-order valence-corrected chi connectivity index (χ1v) is 11.5. The third-order valence-electron chi connectivity index (χ3n) is 5.41. The van der Waals surface area contributed by atoms with Crippen molar-refractivity contribution in [3.63, 3.8) is 0 Å². The van der Waals surface area contributed by atoms with E-state index in [-0.39, 0.29) is 11.9 Å². The molecule has 0 atom stereocenters. The number of piperidine rings is 1. The van der Waals surface area contributed by atoms with Gasteiger partial charge in [0.25, 0.3) is 5.91 Å². The van der Waals surface area contributed by atoms with Gasteiger partial charge in [-0.1, -0.05) is 72.4 Å². The van der Waals surface area contributed by atoms with Crippen molar-refractivity contribution in [3.8, 4) is 11.3 Å². The SMILES string of the molecule is CSc1ncc(C(=O)NC2CCN(Cc3ccccc3)CC2)c(-c2ccccc2)n1. The second kappa shape index (κ2) is 9.87. The molecule has 1 aromatic heterocycles. The molecule has 0 spiro atoms. The van der Waals surface area contributed by atoms with E-state index in [9.17, 15) is 4.79 Å². The number of benzene rings is 2. The lowest BCUT2D eigenvalue weighted by atomic mass is 10.0. The second-order valence-electron chi connectivity index (χ2n) is 7.49. The summed E-state index contributed by atoms with van der Waals surface area (Å²) in [6, 6.07) is 20.5. The molecule has 1 saturated heterocycles. The molecule has 1 fully saturated rings. The van der Waals surface area contributed by atoms with Crippen LogP contribution in [0.15, 0.2) is 72.0 Å². The number of amides is 1. The highest BCUT2D eigenvalue weighted by Gasteiger charge is 2.23. The van der Waals surface area contributed by atoms with Crippen LogP contribution >= 0.6 is 11.8 Å². The van der Waals surface area contributed by atoms with Gasteiger partial charge in [-0.2, -0.15) is 0 Å². The average Bonchev–Trinajstić information content (AvgIpc) is 2.81. The van der Waals surface area contributed by atoms with Crippen molar-refractivity contribution in [2.24, 2.45) is 0 Å². The summed E-state index contributed by atoms with van der Waals surface area (Å²) in [6.07, 6.45) is 5.49. The fraction of sp³-hybridized carbons (Fsp3) is 0.292. The summed E-state index contributed by atoms with van der Waals surface area (Å²) < 4.78 is 0. The Morgan fingerprint density at radius 2 is 1.73 bits per heavy atom. The summed E-state index contributed by atoms with van der Waals surface area (Å²) in [4.78, 5) is 24.5. The molecule has 3 aromatic rings. The van der Waals surface area contributed by atoms with Crippen molar-refractivity contribution in [2.45, 2.75) is 30.6 Å². The zero-order valence-corrected chi connectivity index (χ0v) is 17.9. The standard InChI is InChI=1S/C24H26N4OS/c1-30-24-25-16-21(22(27-24)19-10-6-3-7-11-19)23(29)26-20-12-14-28(15-13-20)17-18-8-4-2-5-9-18/h2-11,16,20H,12-15,17H2,1H3,(H,26,29). The molecule has 6 heteroatoms. The summed E-state index contributed by atoms with van der Waals surface area (Å²) in [5.41, 5.74) is 3.48. The third kappa shape index (κ3) is 5.07. The molecule has 2 aromatic carbocycles. The topological polar surface area (TPSA) is 58.1 Å². The Morgan fingerprint density at radius 1 is 1.07 bits per heavy atom. The smallest absolute Gasteiger partial charge is 0.255 e. The molecule has 0 unspecified atom stereocenters. The minimum absolute atomic E-state index is 0.0944. The van der Waals surface area contributed by atoms with Crippen LogP contribution in [0.5, 0.6) is 0 Å². The summed E-state index contributed by atoms with van der Waals surface area (Å²) in [5, 5.41) is 3.88. The lowest BCUT2D eigenvalue weighted by molar-refractivity contribution is 0.0908. The van der Waals surface area contributed by atoms with Crippen LogP contribution in [0.2, 0.25) is 0 Å². The van der Waals surface area contributed by atoms with E-state index < -0.39 is 0 Å². The van der Waals surface area contributed by atoms with Gasteiger partial charge in [-0.25, -0.2) is 9.97 Å². The number of thioether (sulfide) groups is 1. The molecule has 1 aliphatic rings. The van der Waals surface area contributed by atoms with Crippen molar-refractivity contribution in [1.29, 1.82) is 0 Å². The van der Waals surface area contributed by atoms with E-state index in [1.54, 1.807) is 6.20 Å². The van der Waals surface area contributed by atoms with Crippen LogP contribution in [0.3, 0.4) is 0 Å². The molecule has 154 valence electrons. The van der Waals surface area contributed by atoms with E-state index in [4.69, 9.17) is 0 Å². The molecule has 5 nitrogen and oxygen atoms in total. The van der Waals surface area contributed by atoms with Crippen molar-refractivity contribution in [1.82, 2.24) is 20.2 Å². The number of nitrogens with one attached hydrogen (secondary N) is 1. The summed E-state index contributed by atoms with van der Waals surface area (Å²) in [5.74, 6) is -0.0944. The highest BCUT2D eigenvalue weighted by atomic mass is 32.2. The number of hydrogen-bond donors (Lipinski definition) is 1. The minimum atomic E-state index is -0.0944. The molecule has 0 bridgehead atoms. The fourth-order valence-corrected chi connectivity index (χ4v) is 4.13. The molecule has 1 aliphatic heterocycles. The van der Waals surface area contributed by atoms with Gasteiger partial charge in [0.1, 0.15) is 0 Å². The van der Waals surface area contributed by atoms with Gasteiger partial charge in [0.05, 0.1) is 11.3 Å². The number of likely N-dealkylation sites (tertiary alicyclic amines) is 1. The van der Waals surface area contributed by atoms with Gasteiger partial charge in [0.15, 0.2) is 5.16 Å². The Morgan fingerprint density at radius 3 is 2.40 bits per heavy atom. The van der Waals surface area contributed by atoms with E-state index in [0.29, 0.717) is 16.4 Å². The van der Waals surface area contributed by atoms with Crippen molar-refractivity contribution >= 4 is 17.7 Å². The molecular formula is C24H26N4OS. The highest BCUT2D eigenvalue weighted by Crippen LogP contribution is 2.24. The molecule has 1 amide bonds. The Labute approximate surface area is 181 Å². The van der Waals surface area contributed by atoms with E-state index in [2.05, 4.69) is 44.5 Å². The number of carbonyl (C=O) groups is 1. The quantitative estimate of drug-likeness (QED) is 0.479. The maximum atomic E-state index is 13.1. The number of carbonyl (C=O) groups excluding carboxylic acids is 1. The number of rotatable bonds is 6. The van der Waals surface area contributed by atoms with Gasteiger partial charge >= 0.3 is 0 Å². The Hall–Kier alpha value is -2.70. The van der Waals surface area contributed by atoms with E-state index in [1.165, 1.54) is 17.3 Å².